The summed E-state index contributed by atoms with van der Waals surface area (Å²) in [5.74, 6) is 0.0739. The number of nitrogens with zero attached hydrogens (tertiary/aromatic N) is 4. The van der Waals surface area contributed by atoms with E-state index in [-0.39, 0.29) is 36.4 Å². The highest BCUT2D eigenvalue weighted by Crippen LogP contribution is 2.51. The van der Waals surface area contributed by atoms with Crippen LogP contribution >= 0.6 is 23.5 Å². The molecule has 2 saturated heterocycles. The molecule has 3 aliphatic rings. The minimum absolute atomic E-state index is 0.0288. The Morgan fingerprint density at radius 2 is 1.91 bits per heavy atom. The lowest BCUT2D eigenvalue weighted by atomic mass is 9.97. The zero-order valence-corrected chi connectivity index (χ0v) is 19.6. The molecule has 1 N–H and O–H groups in total. The van der Waals surface area contributed by atoms with Gasteiger partial charge in [-0.2, -0.15) is 0 Å². The quantitative estimate of drug-likeness (QED) is 0.218. The maximum atomic E-state index is 13.0. The van der Waals surface area contributed by atoms with E-state index in [9.17, 15) is 19.2 Å². The summed E-state index contributed by atoms with van der Waals surface area (Å²) < 4.78 is 16.6. The number of nitrogens with one attached hydrogen (secondary N) is 1. The number of H-pyrrole nitrogens is 1. The smallest absolute Gasteiger partial charge is 0.430 e. The first-order valence-corrected chi connectivity index (χ1v) is 11.9. The summed E-state index contributed by atoms with van der Waals surface area (Å²) in [6.07, 6.45) is -0.129. The maximum absolute atomic E-state index is 13.0. The minimum atomic E-state index is -1.01. The van der Waals surface area contributed by atoms with Gasteiger partial charge in [-0.05, 0) is 0 Å². The molecule has 1 aromatic rings. The first-order valence-electron chi connectivity index (χ1n) is 9.96. The lowest BCUT2D eigenvalue weighted by Gasteiger charge is -2.50. The van der Waals surface area contributed by atoms with Crippen LogP contribution in [0.1, 0.15) is 0 Å². The molecule has 0 saturated carbocycles. The number of amides is 1. The van der Waals surface area contributed by atoms with Gasteiger partial charge in [-0.3, -0.25) is 14.3 Å². The average Bonchev–Trinajstić information content (AvgIpc) is 3.28. The van der Waals surface area contributed by atoms with Gasteiger partial charge in [0, 0.05) is 23.3 Å². The van der Waals surface area contributed by atoms with Gasteiger partial charge in [0.15, 0.2) is 11.2 Å². The number of aromatic nitrogens is 3. The van der Waals surface area contributed by atoms with Gasteiger partial charge >= 0.3 is 18.0 Å². The molecule has 1 amide bonds. The summed E-state index contributed by atoms with van der Waals surface area (Å²) >= 11 is 2.59. The van der Waals surface area contributed by atoms with Crippen LogP contribution < -0.4 is 5.69 Å². The van der Waals surface area contributed by atoms with Crippen LogP contribution in [-0.2, 0) is 30.9 Å². The first-order chi connectivity index (χ1) is 16.4. The summed E-state index contributed by atoms with van der Waals surface area (Å²) in [5, 5.41) is 8.01. The molecule has 0 spiro atoms. The molecule has 2 fully saturated rings. The number of carbonyl (C=O) groups is 3. The third-order valence-electron chi connectivity index (χ3n) is 5.13. The molecule has 0 aromatic carbocycles. The molecular weight excluding hydrogens is 490 g/mol. The van der Waals surface area contributed by atoms with Crippen molar-refractivity contribution in [1.82, 2.24) is 24.7 Å². The fraction of sp³-hybridized carbons (Fsp3) is 0.421. The van der Waals surface area contributed by atoms with Gasteiger partial charge in [0.25, 0.3) is 0 Å². The van der Waals surface area contributed by atoms with E-state index in [1.165, 1.54) is 50.2 Å². The molecule has 3 aliphatic heterocycles. The molecule has 4 rings (SSSR count). The van der Waals surface area contributed by atoms with Crippen LogP contribution in [0.25, 0.3) is 0 Å². The van der Waals surface area contributed by atoms with Crippen LogP contribution in [0.15, 0.2) is 45.7 Å². The van der Waals surface area contributed by atoms with E-state index in [1.54, 1.807) is 7.05 Å². The third-order valence-corrected chi connectivity index (χ3v) is 7.41. The van der Waals surface area contributed by atoms with Crippen molar-refractivity contribution in [3.63, 3.8) is 0 Å². The van der Waals surface area contributed by atoms with Crippen LogP contribution in [0.3, 0.4) is 0 Å². The number of hydrogen-bond acceptors (Lipinski definition) is 12. The van der Waals surface area contributed by atoms with E-state index in [0.29, 0.717) is 10.7 Å². The number of β-lactam (4-membered cyclic amide) rings is 1. The number of carbonyl (C=O) groups excluding carboxylic acids is 3. The molecule has 1 aromatic heterocycles. The van der Waals surface area contributed by atoms with Crippen molar-refractivity contribution in [2.45, 2.75) is 23.5 Å². The van der Waals surface area contributed by atoms with Crippen LogP contribution in [0.5, 0.6) is 0 Å². The predicted molar refractivity (Wildman–Crippen MR) is 119 cm³/mol. The Hall–Kier alpha value is -3.17. The molecule has 13 nitrogen and oxygen atoms in total. The Kier molecular flexibility index (Phi) is 7.04. The van der Waals surface area contributed by atoms with Crippen molar-refractivity contribution < 1.29 is 33.4 Å². The fourth-order valence-corrected chi connectivity index (χ4v) is 5.95. The van der Waals surface area contributed by atoms with E-state index >= 15 is 0 Å². The second kappa shape index (κ2) is 9.99. The number of aromatic amines is 1. The van der Waals surface area contributed by atoms with E-state index in [1.807, 2.05) is 0 Å². The molecule has 3 atom stereocenters. The number of hydroxylamine groups is 2. The van der Waals surface area contributed by atoms with Gasteiger partial charge in [-0.1, -0.05) is 37.1 Å². The van der Waals surface area contributed by atoms with Gasteiger partial charge < -0.3 is 19.0 Å². The molecule has 1 unspecified atom stereocenters. The monoisotopic (exact) mass is 511 g/mol. The molecule has 0 aliphatic carbocycles. The zero-order valence-electron chi connectivity index (χ0n) is 18.0. The number of hydrogen-bond donors (Lipinski definition) is 1. The Labute approximate surface area is 201 Å². The lowest BCUT2D eigenvalue weighted by Crippen LogP contribution is -2.72. The average molecular weight is 512 g/mol. The van der Waals surface area contributed by atoms with Crippen LogP contribution in [0.2, 0.25) is 0 Å². The number of thioether (sulfide) groups is 2. The highest BCUT2D eigenvalue weighted by Gasteiger charge is 2.64. The Morgan fingerprint density at radius 1 is 1.21 bits per heavy atom. The van der Waals surface area contributed by atoms with Gasteiger partial charge in [0.1, 0.15) is 13.2 Å². The zero-order chi connectivity index (χ0) is 24.4. The summed E-state index contributed by atoms with van der Waals surface area (Å²) in [6, 6.07) is -1.26. The Morgan fingerprint density at radius 3 is 2.56 bits per heavy atom. The molecule has 0 bridgehead atoms. The Bertz CT molecular complexity index is 1110. The molecule has 15 heteroatoms. The van der Waals surface area contributed by atoms with Crippen LogP contribution in [-0.4, -0.2) is 86.1 Å². The van der Waals surface area contributed by atoms with E-state index in [2.05, 4.69) is 23.4 Å². The number of rotatable bonds is 9. The lowest BCUT2D eigenvalue weighted by molar-refractivity contribution is -0.206. The van der Waals surface area contributed by atoms with Crippen molar-refractivity contribution in [3.8, 4) is 0 Å². The van der Waals surface area contributed by atoms with E-state index < -0.39 is 30.6 Å². The summed E-state index contributed by atoms with van der Waals surface area (Å²) in [4.78, 5) is 56.2. The second-order valence-electron chi connectivity index (χ2n) is 7.14. The van der Waals surface area contributed by atoms with Crippen LogP contribution in [0.4, 0.5) is 9.59 Å². The second-order valence-corrected chi connectivity index (χ2v) is 9.06. The predicted octanol–water partition coefficient (Wildman–Crippen LogP) is 0.973. The standard InChI is InChI=1S/C19H21N5O8S2/c1-4-6-29-18(27)31-15-10(8-33-17-21-20-16(26)22(17)3)13-11-12(14(25)24(11)15)23(9-34-13)32-19(28)30-7-5-2/h4-5,11-12,15H,1-2,6-9H2,3H3,(H,20,26)/t11-,12-,15?/m0/s1. The summed E-state index contributed by atoms with van der Waals surface area (Å²) in [5.41, 5.74) is 0.297. The summed E-state index contributed by atoms with van der Waals surface area (Å²) in [7, 11) is 1.57. The molecule has 4 heterocycles. The van der Waals surface area contributed by atoms with Gasteiger partial charge in [-0.15, -0.1) is 21.9 Å². The Balaban J connectivity index is 1.55. The first kappa shape index (κ1) is 24.0. The normalized spacial score (nSPS) is 23.1. The summed E-state index contributed by atoms with van der Waals surface area (Å²) in [6.45, 7) is 6.86. The molecule has 0 radical (unpaired) electrons. The molecule has 34 heavy (non-hydrogen) atoms. The SMILES string of the molecule is C=CCOC(=O)OC1C(CSc2n[nH]c(=O)n2C)=C2SCN(OC(=O)OCC=C)[C@@H]3C(=O)N1[C@H]23. The van der Waals surface area contributed by atoms with Crippen molar-refractivity contribution in [1.29, 1.82) is 0 Å². The van der Waals surface area contributed by atoms with Crippen molar-refractivity contribution in [2.24, 2.45) is 7.05 Å². The van der Waals surface area contributed by atoms with E-state index in [4.69, 9.17) is 19.0 Å². The topological polar surface area (TPSA) is 145 Å². The molecular formula is C19H21N5O8S2. The van der Waals surface area contributed by atoms with Crippen LogP contribution in [0, 0.1) is 0 Å². The van der Waals surface area contributed by atoms with E-state index in [0.717, 1.165) is 4.91 Å². The third kappa shape index (κ3) is 4.33. The molecule has 182 valence electrons. The fourth-order valence-electron chi connectivity index (χ4n) is 3.64. The van der Waals surface area contributed by atoms with Crippen molar-refractivity contribution >= 4 is 41.7 Å². The van der Waals surface area contributed by atoms with Gasteiger partial charge in [0.05, 0.1) is 11.9 Å². The highest BCUT2D eigenvalue weighted by molar-refractivity contribution is 8.03. The van der Waals surface area contributed by atoms with Gasteiger partial charge in [-0.25, -0.2) is 19.5 Å². The largest absolute Gasteiger partial charge is 0.528 e. The van der Waals surface area contributed by atoms with Gasteiger partial charge in [0.2, 0.25) is 12.1 Å². The minimum Gasteiger partial charge on any atom is -0.430 e. The number of ether oxygens (including phenoxy) is 3. The maximum Gasteiger partial charge on any atom is 0.528 e. The highest BCUT2D eigenvalue weighted by atomic mass is 32.2. The van der Waals surface area contributed by atoms with Crippen molar-refractivity contribution in [3.05, 3.63) is 46.3 Å². The van der Waals surface area contributed by atoms with Crippen molar-refractivity contribution in [2.75, 3.05) is 24.8 Å².